The summed E-state index contributed by atoms with van der Waals surface area (Å²) >= 11 is 0. The number of rotatable bonds is 5. The average molecular weight is 342 g/mol. The Kier molecular flexibility index (Phi) is 4.56. The predicted molar refractivity (Wildman–Crippen MR) is 94.2 cm³/mol. The van der Waals surface area contributed by atoms with Gasteiger partial charge in [-0.1, -0.05) is 6.07 Å². The second-order valence-corrected chi connectivity index (χ2v) is 6.27. The Hall–Kier alpha value is -2.54. The molecule has 1 atom stereocenters. The zero-order valence-electron chi connectivity index (χ0n) is 14.0. The molecule has 2 aliphatic heterocycles. The van der Waals surface area contributed by atoms with Crippen molar-refractivity contribution >= 4 is 11.6 Å². The molecule has 1 aromatic heterocycles. The van der Waals surface area contributed by atoms with E-state index < -0.39 is 0 Å². The number of anilines is 2. The van der Waals surface area contributed by atoms with Gasteiger partial charge >= 0.3 is 0 Å². The monoisotopic (exact) mass is 342 g/mol. The molecule has 2 aromatic rings. The van der Waals surface area contributed by atoms with Crippen LogP contribution < -0.4 is 19.7 Å². The lowest BCUT2D eigenvalue weighted by Crippen LogP contribution is -2.32. The number of aromatic nitrogens is 2. The highest BCUT2D eigenvalue weighted by atomic mass is 16.6. The van der Waals surface area contributed by atoms with Gasteiger partial charge in [0.15, 0.2) is 11.5 Å². The lowest BCUT2D eigenvalue weighted by Gasteiger charge is -2.24. The van der Waals surface area contributed by atoms with Crippen molar-refractivity contribution in [1.29, 1.82) is 0 Å². The van der Waals surface area contributed by atoms with E-state index in [4.69, 9.17) is 9.47 Å². The number of aliphatic hydroxyl groups excluding tert-OH is 1. The lowest BCUT2D eigenvalue weighted by molar-refractivity contribution is 0.171. The minimum absolute atomic E-state index is 0.153. The number of ether oxygens (including phenoxy) is 2. The molecule has 1 fully saturated rings. The van der Waals surface area contributed by atoms with Crippen LogP contribution in [0.25, 0.3) is 0 Å². The number of fused-ring (bicyclic) bond motifs is 1. The SMILES string of the molecule is OC[C@@H]1CCCN1c1cc(NCc2ccc3c(c2)OCCO3)ncn1. The second-order valence-electron chi connectivity index (χ2n) is 6.27. The summed E-state index contributed by atoms with van der Waals surface area (Å²) in [6.07, 6.45) is 3.64. The van der Waals surface area contributed by atoms with Crippen LogP contribution in [0.3, 0.4) is 0 Å². The van der Waals surface area contributed by atoms with Gasteiger partial charge in [-0.15, -0.1) is 0 Å². The molecule has 0 spiro atoms. The van der Waals surface area contributed by atoms with Crippen molar-refractivity contribution in [2.24, 2.45) is 0 Å². The molecule has 132 valence electrons. The summed E-state index contributed by atoms with van der Waals surface area (Å²) in [7, 11) is 0. The fraction of sp³-hybridized carbons (Fsp3) is 0.444. The molecule has 7 nitrogen and oxygen atoms in total. The Bertz CT molecular complexity index is 740. The van der Waals surface area contributed by atoms with E-state index in [1.54, 1.807) is 6.33 Å². The third kappa shape index (κ3) is 3.46. The third-order valence-electron chi connectivity index (χ3n) is 4.62. The largest absolute Gasteiger partial charge is 0.486 e. The van der Waals surface area contributed by atoms with Crippen molar-refractivity contribution in [3.05, 3.63) is 36.2 Å². The highest BCUT2D eigenvalue weighted by Gasteiger charge is 2.25. The van der Waals surface area contributed by atoms with Gasteiger partial charge in [0.25, 0.3) is 0 Å². The van der Waals surface area contributed by atoms with Crippen LogP contribution in [-0.2, 0) is 6.54 Å². The highest BCUT2D eigenvalue weighted by Crippen LogP contribution is 2.31. The molecular formula is C18H22N4O3. The van der Waals surface area contributed by atoms with Crippen LogP contribution in [0.4, 0.5) is 11.6 Å². The summed E-state index contributed by atoms with van der Waals surface area (Å²) in [6.45, 7) is 2.89. The number of nitrogens with zero attached hydrogens (tertiary/aromatic N) is 3. The van der Waals surface area contributed by atoms with Crippen LogP contribution in [-0.4, -0.2) is 47.5 Å². The molecule has 0 aliphatic carbocycles. The second kappa shape index (κ2) is 7.14. The normalized spacial score (nSPS) is 19.1. The molecule has 0 unspecified atom stereocenters. The lowest BCUT2D eigenvalue weighted by atomic mass is 10.2. The fourth-order valence-electron chi connectivity index (χ4n) is 3.32. The van der Waals surface area contributed by atoms with E-state index >= 15 is 0 Å². The third-order valence-corrected chi connectivity index (χ3v) is 4.62. The summed E-state index contributed by atoms with van der Waals surface area (Å²) in [5.41, 5.74) is 1.10. The molecule has 7 heteroatoms. The first-order valence-electron chi connectivity index (χ1n) is 8.65. The van der Waals surface area contributed by atoms with Gasteiger partial charge in [0.05, 0.1) is 12.6 Å². The van der Waals surface area contributed by atoms with Crippen molar-refractivity contribution in [3.8, 4) is 11.5 Å². The minimum atomic E-state index is 0.153. The Morgan fingerprint density at radius 3 is 2.92 bits per heavy atom. The molecule has 3 heterocycles. The van der Waals surface area contributed by atoms with Crippen molar-refractivity contribution < 1.29 is 14.6 Å². The van der Waals surface area contributed by atoms with Crippen LogP contribution in [0, 0.1) is 0 Å². The first-order valence-corrected chi connectivity index (χ1v) is 8.65. The van der Waals surface area contributed by atoms with Gasteiger partial charge in [-0.3, -0.25) is 0 Å². The van der Waals surface area contributed by atoms with E-state index in [9.17, 15) is 5.11 Å². The van der Waals surface area contributed by atoms with E-state index in [0.29, 0.717) is 19.8 Å². The molecule has 0 bridgehead atoms. The number of benzene rings is 1. The minimum Gasteiger partial charge on any atom is -0.486 e. The van der Waals surface area contributed by atoms with Crippen molar-refractivity contribution in [2.45, 2.75) is 25.4 Å². The molecule has 2 N–H and O–H groups in total. The van der Waals surface area contributed by atoms with E-state index in [1.165, 1.54) is 0 Å². The summed E-state index contributed by atoms with van der Waals surface area (Å²) in [5.74, 6) is 3.21. The van der Waals surface area contributed by atoms with E-state index in [1.807, 2.05) is 24.3 Å². The predicted octanol–water partition coefficient (Wildman–Crippen LogP) is 1.82. The number of hydrogen-bond acceptors (Lipinski definition) is 7. The smallest absolute Gasteiger partial charge is 0.161 e. The maximum atomic E-state index is 9.49. The summed E-state index contributed by atoms with van der Waals surface area (Å²) in [6, 6.07) is 8.04. The van der Waals surface area contributed by atoms with Gasteiger partial charge in [0, 0.05) is 19.2 Å². The summed E-state index contributed by atoms with van der Waals surface area (Å²) in [5, 5.41) is 12.8. The van der Waals surface area contributed by atoms with Crippen LogP contribution in [0.15, 0.2) is 30.6 Å². The zero-order valence-corrected chi connectivity index (χ0v) is 14.0. The molecule has 1 saturated heterocycles. The summed E-state index contributed by atoms with van der Waals surface area (Å²) < 4.78 is 11.2. The van der Waals surface area contributed by atoms with Gasteiger partial charge in [0.1, 0.15) is 31.2 Å². The quantitative estimate of drug-likeness (QED) is 0.858. The maximum Gasteiger partial charge on any atom is 0.161 e. The maximum absolute atomic E-state index is 9.49. The van der Waals surface area contributed by atoms with Gasteiger partial charge in [-0.05, 0) is 30.5 Å². The van der Waals surface area contributed by atoms with Gasteiger partial charge in [-0.2, -0.15) is 0 Å². The summed E-state index contributed by atoms with van der Waals surface area (Å²) in [4.78, 5) is 10.8. The van der Waals surface area contributed by atoms with Gasteiger partial charge < -0.3 is 24.8 Å². The average Bonchev–Trinajstić information content (AvgIpc) is 3.15. The van der Waals surface area contributed by atoms with Crippen molar-refractivity contribution in [3.63, 3.8) is 0 Å². The molecule has 4 rings (SSSR count). The van der Waals surface area contributed by atoms with Gasteiger partial charge in [0.2, 0.25) is 0 Å². The number of nitrogens with one attached hydrogen (secondary N) is 1. The molecule has 0 saturated carbocycles. The molecule has 2 aliphatic rings. The van der Waals surface area contributed by atoms with Crippen LogP contribution in [0.5, 0.6) is 11.5 Å². The molecular weight excluding hydrogens is 320 g/mol. The van der Waals surface area contributed by atoms with Crippen molar-refractivity contribution in [2.75, 3.05) is 36.6 Å². The van der Waals surface area contributed by atoms with E-state index in [0.717, 1.165) is 48.1 Å². The first-order chi connectivity index (χ1) is 12.3. The molecule has 0 radical (unpaired) electrons. The standard InChI is InChI=1S/C18H22N4O3/c23-11-14-2-1-5-22(14)18-9-17(20-12-21-18)19-10-13-3-4-15-16(8-13)25-7-6-24-15/h3-4,8-9,12,14,23H,1-2,5-7,10-11H2,(H,19,20,21)/t14-/m0/s1. The van der Waals surface area contributed by atoms with Crippen molar-refractivity contribution in [1.82, 2.24) is 9.97 Å². The Labute approximate surface area is 146 Å². The van der Waals surface area contributed by atoms with Crippen LogP contribution in [0.1, 0.15) is 18.4 Å². The number of hydrogen-bond donors (Lipinski definition) is 2. The Morgan fingerprint density at radius 2 is 2.04 bits per heavy atom. The topological polar surface area (TPSA) is 79.7 Å². The molecule has 0 amide bonds. The zero-order chi connectivity index (χ0) is 17.1. The van der Waals surface area contributed by atoms with E-state index in [-0.39, 0.29) is 12.6 Å². The van der Waals surface area contributed by atoms with Crippen LogP contribution >= 0.6 is 0 Å². The fourth-order valence-corrected chi connectivity index (χ4v) is 3.32. The Morgan fingerprint density at radius 1 is 1.16 bits per heavy atom. The molecule has 25 heavy (non-hydrogen) atoms. The van der Waals surface area contributed by atoms with E-state index in [2.05, 4.69) is 20.2 Å². The Balaban J connectivity index is 1.44. The van der Waals surface area contributed by atoms with Crippen LogP contribution in [0.2, 0.25) is 0 Å². The first kappa shape index (κ1) is 16.0. The number of aliphatic hydroxyl groups is 1. The highest BCUT2D eigenvalue weighted by molar-refractivity contribution is 5.51. The van der Waals surface area contributed by atoms with Gasteiger partial charge in [-0.25, -0.2) is 9.97 Å². The molecule has 1 aromatic carbocycles.